The van der Waals surface area contributed by atoms with Gasteiger partial charge in [0.2, 0.25) is 10.0 Å². The van der Waals surface area contributed by atoms with Gasteiger partial charge in [0.1, 0.15) is 10.7 Å². The van der Waals surface area contributed by atoms with Crippen LogP contribution in [0.25, 0.3) is 0 Å². The first-order chi connectivity index (χ1) is 9.86. The quantitative estimate of drug-likeness (QED) is 0.607. The smallest absolute Gasteiger partial charge is 0.404 e. The fourth-order valence-electron chi connectivity index (χ4n) is 1.69. The van der Waals surface area contributed by atoms with Gasteiger partial charge in [-0.05, 0) is 23.8 Å². The molecule has 0 unspecified atom stereocenters. The zero-order valence-corrected chi connectivity index (χ0v) is 11.7. The standard InChI is InChI=1S/C12H13N3O5S/c13-21(18,19)11-4-1-9(2-5-11)7-14-8-10-3-6-12(20-10)15(16)17/h1-6,14H,7-8H2,(H2,13,18,19). The van der Waals surface area contributed by atoms with Crippen LogP contribution < -0.4 is 10.5 Å². The summed E-state index contributed by atoms with van der Waals surface area (Å²) in [5.74, 6) is 0.146. The van der Waals surface area contributed by atoms with E-state index in [0.29, 0.717) is 18.8 Å². The Hall–Kier alpha value is -2.23. The van der Waals surface area contributed by atoms with Gasteiger partial charge in [-0.15, -0.1) is 0 Å². The predicted octanol–water partition coefficient (Wildman–Crippen LogP) is 1.13. The highest BCUT2D eigenvalue weighted by molar-refractivity contribution is 7.89. The Bertz CT molecular complexity index is 737. The maximum absolute atomic E-state index is 11.1. The Balaban J connectivity index is 1.89. The second kappa shape index (κ2) is 6.04. The zero-order valence-electron chi connectivity index (χ0n) is 10.9. The van der Waals surface area contributed by atoms with E-state index in [1.54, 1.807) is 12.1 Å². The third-order valence-electron chi connectivity index (χ3n) is 2.71. The minimum atomic E-state index is -3.69. The highest BCUT2D eigenvalue weighted by Gasteiger charge is 2.11. The summed E-state index contributed by atoms with van der Waals surface area (Å²) in [5, 5.41) is 18.5. The molecule has 0 bridgehead atoms. The minimum absolute atomic E-state index is 0.0490. The van der Waals surface area contributed by atoms with Crippen molar-refractivity contribution < 1.29 is 17.8 Å². The Morgan fingerprint density at radius 2 is 1.81 bits per heavy atom. The number of nitrogens with zero attached hydrogens (tertiary/aromatic N) is 1. The molecule has 0 radical (unpaired) electrons. The van der Waals surface area contributed by atoms with E-state index in [1.807, 2.05) is 0 Å². The number of benzene rings is 1. The van der Waals surface area contributed by atoms with Crippen LogP contribution in [0.2, 0.25) is 0 Å². The molecule has 1 aromatic carbocycles. The molecule has 9 heteroatoms. The van der Waals surface area contributed by atoms with Gasteiger partial charge in [0.05, 0.1) is 17.5 Å². The summed E-state index contributed by atoms with van der Waals surface area (Å²) < 4.78 is 27.2. The molecule has 0 aliphatic carbocycles. The minimum Gasteiger partial charge on any atom is -0.404 e. The van der Waals surface area contributed by atoms with Gasteiger partial charge in [-0.2, -0.15) is 0 Å². The molecule has 8 nitrogen and oxygen atoms in total. The van der Waals surface area contributed by atoms with Crippen LogP contribution in [0, 0.1) is 10.1 Å². The predicted molar refractivity (Wildman–Crippen MR) is 73.7 cm³/mol. The van der Waals surface area contributed by atoms with Gasteiger partial charge in [0.15, 0.2) is 0 Å². The van der Waals surface area contributed by atoms with E-state index in [1.165, 1.54) is 24.3 Å². The van der Waals surface area contributed by atoms with Crippen LogP contribution in [0.5, 0.6) is 0 Å². The number of hydrogen-bond acceptors (Lipinski definition) is 6. The van der Waals surface area contributed by atoms with Crippen LogP contribution in [0.1, 0.15) is 11.3 Å². The second-order valence-corrected chi connectivity index (χ2v) is 5.85. The van der Waals surface area contributed by atoms with Gasteiger partial charge >= 0.3 is 5.88 Å². The van der Waals surface area contributed by atoms with Crippen LogP contribution >= 0.6 is 0 Å². The number of furan rings is 1. The summed E-state index contributed by atoms with van der Waals surface area (Å²) in [4.78, 5) is 9.90. The van der Waals surface area contributed by atoms with E-state index in [9.17, 15) is 18.5 Å². The maximum Gasteiger partial charge on any atom is 0.433 e. The lowest BCUT2D eigenvalue weighted by atomic mass is 10.2. The van der Waals surface area contributed by atoms with Crippen LogP contribution in [0.4, 0.5) is 5.88 Å². The van der Waals surface area contributed by atoms with Crippen LogP contribution in [0.15, 0.2) is 45.7 Å². The molecular formula is C12H13N3O5S. The van der Waals surface area contributed by atoms with Crippen molar-refractivity contribution in [3.05, 3.63) is 57.8 Å². The normalized spacial score (nSPS) is 11.5. The van der Waals surface area contributed by atoms with Crippen molar-refractivity contribution in [2.24, 2.45) is 5.14 Å². The number of nitrogens with two attached hydrogens (primary N) is 1. The van der Waals surface area contributed by atoms with Crippen molar-refractivity contribution in [3.8, 4) is 0 Å². The highest BCUT2D eigenvalue weighted by atomic mass is 32.2. The average Bonchev–Trinajstić information content (AvgIpc) is 2.87. The largest absolute Gasteiger partial charge is 0.433 e. The lowest BCUT2D eigenvalue weighted by Crippen LogP contribution is -2.14. The van der Waals surface area contributed by atoms with Crippen molar-refractivity contribution in [2.45, 2.75) is 18.0 Å². The lowest BCUT2D eigenvalue weighted by molar-refractivity contribution is -0.402. The molecule has 0 aliphatic rings. The Morgan fingerprint density at radius 1 is 1.14 bits per heavy atom. The zero-order chi connectivity index (χ0) is 15.5. The summed E-state index contributed by atoms with van der Waals surface area (Å²) in [6, 6.07) is 8.93. The molecule has 1 aromatic heterocycles. The molecule has 0 saturated heterocycles. The van der Waals surface area contributed by atoms with Crippen molar-refractivity contribution in [1.82, 2.24) is 5.32 Å². The van der Waals surface area contributed by atoms with Gasteiger partial charge in [-0.25, -0.2) is 13.6 Å². The monoisotopic (exact) mass is 311 g/mol. The van der Waals surface area contributed by atoms with Crippen molar-refractivity contribution in [3.63, 3.8) is 0 Å². The summed E-state index contributed by atoms with van der Waals surface area (Å²) in [7, 11) is -3.69. The molecule has 0 fully saturated rings. The number of nitrogens with one attached hydrogen (secondary N) is 1. The first kappa shape index (κ1) is 15.2. The Kier molecular flexibility index (Phi) is 4.36. The van der Waals surface area contributed by atoms with E-state index in [4.69, 9.17) is 9.56 Å². The van der Waals surface area contributed by atoms with Gasteiger partial charge < -0.3 is 9.73 Å². The first-order valence-corrected chi connectivity index (χ1v) is 7.46. The third kappa shape index (κ3) is 4.12. The van der Waals surface area contributed by atoms with E-state index in [-0.39, 0.29) is 10.8 Å². The summed E-state index contributed by atoms with van der Waals surface area (Å²) in [6.45, 7) is 0.782. The molecule has 2 rings (SSSR count). The number of primary sulfonamides is 1. The summed E-state index contributed by atoms with van der Waals surface area (Å²) in [6.07, 6.45) is 0. The van der Waals surface area contributed by atoms with Gasteiger partial charge in [0.25, 0.3) is 0 Å². The van der Waals surface area contributed by atoms with Crippen LogP contribution in [0.3, 0.4) is 0 Å². The SMILES string of the molecule is NS(=O)(=O)c1ccc(CNCc2ccc([N+](=O)[O-])o2)cc1. The fourth-order valence-corrected chi connectivity index (χ4v) is 2.20. The summed E-state index contributed by atoms with van der Waals surface area (Å²) in [5.41, 5.74) is 0.850. The second-order valence-electron chi connectivity index (χ2n) is 4.29. The number of hydrogen-bond donors (Lipinski definition) is 2. The lowest BCUT2D eigenvalue weighted by Gasteiger charge is -2.04. The molecule has 0 amide bonds. The summed E-state index contributed by atoms with van der Waals surface area (Å²) >= 11 is 0. The topological polar surface area (TPSA) is 128 Å². The molecule has 0 saturated carbocycles. The Labute approximate surface area is 120 Å². The molecule has 112 valence electrons. The molecule has 0 atom stereocenters. The number of rotatable bonds is 6. The van der Waals surface area contributed by atoms with Gasteiger partial charge in [-0.3, -0.25) is 10.1 Å². The molecule has 3 N–H and O–H groups in total. The van der Waals surface area contributed by atoms with Crippen molar-refractivity contribution >= 4 is 15.9 Å². The van der Waals surface area contributed by atoms with E-state index >= 15 is 0 Å². The van der Waals surface area contributed by atoms with Crippen LogP contribution in [-0.4, -0.2) is 13.3 Å². The van der Waals surface area contributed by atoms with Gasteiger partial charge in [-0.1, -0.05) is 12.1 Å². The average molecular weight is 311 g/mol. The Morgan fingerprint density at radius 3 is 2.33 bits per heavy atom. The molecule has 0 spiro atoms. The van der Waals surface area contributed by atoms with Crippen molar-refractivity contribution in [1.29, 1.82) is 0 Å². The number of sulfonamides is 1. The van der Waals surface area contributed by atoms with Crippen LogP contribution in [-0.2, 0) is 23.1 Å². The van der Waals surface area contributed by atoms with Crippen molar-refractivity contribution in [2.75, 3.05) is 0 Å². The third-order valence-corrected chi connectivity index (χ3v) is 3.64. The van der Waals surface area contributed by atoms with Gasteiger partial charge in [0, 0.05) is 6.54 Å². The molecule has 1 heterocycles. The molecule has 0 aliphatic heterocycles. The first-order valence-electron chi connectivity index (χ1n) is 5.92. The maximum atomic E-state index is 11.1. The molecule has 21 heavy (non-hydrogen) atoms. The number of nitro groups is 1. The molecular weight excluding hydrogens is 298 g/mol. The highest BCUT2D eigenvalue weighted by Crippen LogP contribution is 2.15. The fraction of sp³-hybridized carbons (Fsp3) is 0.167. The van der Waals surface area contributed by atoms with E-state index in [2.05, 4.69) is 5.32 Å². The molecule has 2 aromatic rings. The van der Waals surface area contributed by atoms with E-state index in [0.717, 1.165) is 5.56 Å². The van der Waals surface area contributed by atoms with E-state index < -0.39 is 14.9 Å².